The summed E-state index contributed by atoms with van der Waals surface area (Å²) in [5.41, 5.74) is 5.92. The fourth-order valence-corrected chi connectivity index (χ4v) is 3.25. The van der Waals surface area contributed by atoms with Crippen molar-refractivity contribution in [2.45, 2.75) is 32.8 Å². The number of likely N-dealkylation sites (N-methyl/N-ethyl adjacent to an activating group) is 1. The Hall–Kier alpha value is -1.34. The van der Waals surface area contributed by atoms with Crippen LogP contribution in [0.1, 0.15) is 36.4 Å². The van der Waals surface area contributed by atoms with Crippen LogP contribution < -0.4 is 10.6 Å². The van der Waals surface area contributed by atoms with Gasteiger partial charge in [-0.3, -0.25) is 4.79 Å². The van der Waals surface area contributed by atoms with Crippen LogP contribution >= 0.6 is 11.3 Å². The smallest absolute Gasteiger partial charge is 0.267 e. The number of anilines is 2. The Kier molecular flexibility index (Phi) is 5.41. The Morgan fingerprint density at radius 1 is 1.48 bits per heavy atom. The summed E-state index contributed by atoms with van der Waals surface area (Å²) in [6.45, 7) is 7.03. The molecule has 21 heavy (non-hydrogen) atoms. The number of nitrogens with zero attached hydrogens (tertiary/aromatic N) is 3. The van der Waals surface area contributed by atoms with Crippen molar-refractivity contribution in [2.24, 2.45) is 0 Å². The molecule has 2 rings (SSSR count). The Morgan fingerprint density at radius 3 is 2.76 bits per heavy atom. The number of aromatic nitrogens is 1. The maximum Gasteiger partial charge on any atom is 0.267 e. The van der Waals surface area contributed by atoms with Crippen LogP contribution in [0.5, 0.6) is 0 Å². The molecule has 0 unspecified atom stereocenters. The predicted molar refractivity (Wildman–Crippen MR) is 86.0 cm³/mol. The molecule has 0 aromatic carbocycles. The molecule has 0 atom stereocenters. The first kappa shape index (κ1) is 16.0. The van der Waals surface area contributed by atoms with Crippen LogP contribution in [0, 0.1) is 0 Å². The molecule has 1 amide bonds. The first-order chi connectivity index (χ1) is 9.99. The van der Waals surface area contributed by atoms with Crippen LogP contribution in [0.3, 0.4) is 0 Å². The molecule has 6 nitrogen and oxygen atoms in total. The molecule has 0 radical (unpaired) electrons. The van der Waals surface area contributed by atoms with E-state index in [-0.39, 0.29) is 12.0 Å². The summed E-state index contributed by atoms with van der Waals surface area (Å²) in [4.78, 5) is 21.1. The molecule has 0 bridgehead atoms. The lowest BCUT2D eigenvalue weighted by Gasteiger charge is -2.17. The van der Waals surface area contributed by atoms with E-state index in [2.05, 4.69) is 9.88 Å². The number of carbonyl (C=O) groups is 1. The Bertz CT molecular complexity index is 483. The summed E-state index contributed by atoms with van der Waals surface area (Å²) in [5, 5.41) is 0.861. The van der Waals surface area contributed by atoms with Crippen molar-refractivity contribution in [2.75, 3.05) is 43.9 Å². The van der Waals surface area contributed by atoms with Gasteiger partial charge in [-0.25, -0.2) is 4.98 Å². The number of nitrogens with two attached hydrogens (primary N) is 1. The molecule has 0 saturated carbocycles. The van der Waals surface area contributed by atoms with E-state index >= 15 is 0 Å². The second kappa shape index (κ2) is 7.09. The van der Waals surface area contributed by atoms with Gasteiger partial charge in [0.15, 0.2) is 5.13 Å². The maximum atomic E-state index is 12.4. The molecule has 0 aliphatic carbocycles. The molecule has 118 valence electrons. The van der Waals surface area contributed by atoms with Gasteiger partial charge < -0.3 is 20.3 Å². The van der Waals surface area contributed by atoms with E-state index in [1.165, 1.54) is 24.2 Å². The summed E-state index contributed by atoms with van der Waals surface area (Å²) >= 11 is 1.39. The van der Waals surface area contributed by atoms with Crippen molar-refractivity contribution >= 4 is 28.2 Å². The Labute approximate surface area is 129 Å². The zero-order valence-corrected chi connectivity index (χ0v) is 13.8. The van der Waals surface area contributed by atoms with E-state index in [9.17, 15) is 4.79 Å². The zero-order valence-electron chi connectivity index (χ0n) is 13.0. The van der Waals surface area contributed by atoms with Crippen molar-refractivity contribution < 1.29 is 9.53 Å². The van der Waals surface area contributed by atoms with Gasteiger partial charge in [0.05, 0.1) is 12.7 Å². The lowest BCUT2D eigenvalue weighted by Crippen LogP contribution is -2.30. The molecule has 1 aliphatic heterocycles. The number of ether oxygens (including phenoxy) is 1. The van der Waals surface area contributed by atoms with Gasteiger partial charge in [-0.05, 0) is 26.7 Å². The fraction of sp³-hybridized carbons (Fsp3) is 0.714. The van der Waals surface area contributed by atoms with Gasteiger partial charge >= 0.3 is 0 Å². The highest BCUT2D eigenvalue weighted by Crippen LogP contribution is 2.30. The quantitative estimate of drug-likeness (QED) is 0.867. The van der Waals surface area contributed by atoms with Gasteiger partial charge in [-0.15, -0.1) is 0 Å². The summed E-state index contributed by atoms with van der Waals surface area (Å²) in [6.07, 6.45) is 2.52. The number of hydrogen-bond acceptors (Lipinski definition) is 6. The third kappa shape index (κ3) is 4.07. The van der Waals surface area contributed by atoms with E-state index in [0.29, 0.717) is 23.8 Å². The van der Waals surface area contributed by atoms with Crippen LogP contribution in [0.15, 0.2) is 0 Å². The van der Waals surface area contributed by atoms with Gasteiger partial charge in [0.1, 0.15) is 10.7 Å². The van der Waals surface area contributed by atoms with Crippen molar-refractivity contribution in [3.63, 3.8) is 0 Å². The number of amides is 1. The summed E-state index contributed by atoms with van der Waals surface area (Å²) in [5.74, 6) is 0.256. The lowest BCUT2D eigenvalue weighted by atomic mass is 10.4. The van der Waals surface area contributed by atoms with Crippen molar-refractivity contribution in [1.82, 2.24) is 9.88 Å². The first-order valence-corrected chi connectivity index (χ1v) is 8.19. The highest BCUT2D eigenvalue weighted by atomic mass is 32.1. The average molecular weight is 312 g/mol. The summed E-state index contributed by atoms with van der Waals surface area (Å²) in [7, 11) is 1.76. The van der Waals surface area contributed by atoms with Crippen LogP contribution in [0.25, 0.3) is 0 Å². The second-order valence-corrected chi connectivity index (χ2v) is 6.53. The highest BCUT2D eigenvalue weighted by molar-refractivity contribution is 7.18. The van der Waals surface area contributed by atoms with E-state index in [0.717, 1.165) is 18.2 Å². The SMILES string of the molecule is CC(C)OCCN(C)C(=O)c1sc(N2CCCC2)nc1N. The van der Waals surface area contributed by atoms with Crippen molar-refractivity contribution in [3.05, 3.63) is 4.88 Å². The monoisotopic (exact) mass is 312 g/mol. The topological polar surface area (TPSA) is 71.7 Å². The van der Waals surface area contributed by atoms with E-state index in [4.69, 9.17) is 10.5 Å². The number of rotatable bonds is 6. The Morgan fingerprint density at radius 2 is 2.14 bits per heavy atom. The summed E-state index contributed by atoms with van der Waals surface area (Å²) < 4.78 is 5.47. The van der Waals surface area contributed by atoms with Crippen LogP contribution in [-0.4, -0.2) is 55.2 Å². The number of nitrogen functional groups attached to an aromatic ring is 1. The highest BCUT2D eigenvalue weighted by Gasteiger charge is 2.23. The minimum Gasteiger partial charge on any atom is -0.382 e. The largest absolute Gasteiger partial charge is 0.382 e. The molecule has 2 N–H and O–H groups in total. The molecular weight excluding hydrogens is 288 g/mol. The summed E-state index contributed by atoms with van der Waals surface area (Å²) in [6, 6.07) is 0. The number of thiazole rings is 1. The number of carbonyl (C=O) groups excluding carboxylic acids is 1. The third-order valence-electron chi connectivity index (χ3n) is 3.44. The molecule has 1 aromatic rings. The van der Waals surface area contributed by atoms with E-state index in [1.807, 2.05) is 13.8 Å². The normalized spacial score (nSPS) is 15.0. The number of hydrogen-bond donors (Lipinski definition) is 1. The molecule has 2 heterocycles. The van der Waals surface area contributed by atoms with Crippen LogP contribution in [0.2, 0.25) is 0 Å². The molecule has 1 saturated heterocycles. The predicted octanol–water partition coefficient (Wildman–Crippen LogP) is 1.82. The fourth-order valence-electron chi connectivity index (χ4n) is 2.22. The first-order valence-electron chi connectivity index (χ1n) is 7.37. The minimum absolute atomic E-state index is 0.0807. The van der Waals surface area contributed by atoms with Gasteiger partial charge in [0.2, 0.25) is 0 Å². The van der Waals surface area contributed by atoms with E-state index < -0.39 is 0 Å². The zero-order chi connectivity index (χ0) is 15.4. The molecule has 1 aromatic heterocycles. The van der Waals surface area contributed by atoms with Gasteiger partial charge in [0.25, 0.3) is 5.91 Å². The molecule has 1 fully saturated rings. The van der Waals surface area contributed by atoms with Crippen molar-refractivity contribution in [3.8, 4) is 0 Å². The molecule has 1 aliphatic rings. The van der Waals surface area contributed by atoms with Gasteiger partial charge in [-0.1, -0.05) is 11.3 Å². The minimum atomic E-state index is -0.0807. The maximum absolute atomic E-state index is 12.4. The average Bonchev–Trinajstić information content (AvgIpc) is 3.06. The molecule has 0 spiro atoms. The molecular formula is C14H24N4O2S. The Balaban J connectivity index is 1.98. The van der Waals surface area contributed by atoms with E-state index in [1.54, 1.807) is 11.9 Å². The second-order valence-electron chi connectivity index (χ2n) is 5.55. The van der Waals surface area contributed by atoms with Gasteiger partial charge in [0, 0.05) is 26.7 Å². The van der Waals surface area contributed by atoms with Gasteiger partial charge in [-0.2, -0.15) is 0 Å². The lowest BCUT2D eigenvalue weighted by molar-refractivity contribution is 0.0535. The molecule has 7 heteroatoms. The standard InChI is InChI=1S/C14H24N4O2S/c1-10(2)20-9-8-17(3)13(19)11-12(15)16-14(21-11)18-6-4-5-7-18/h10H,4-9,15H2,1-3H3. The van der Waals surface area contributed by atoms with Crippen LogP contribution in [-0.2, 0) is 4.74 Å². The van der Waals surface area contributed by atoms with Crippen molar-refractivity contribution in [1.29, 1.82) is 0 Å². The van der Waals surface area contributed by atoms with Crippen LogP contribution in [0.4, 0.5) is 10.9 Å². The third-order valence-corrected chi connectivity index (χ3v) is 4.56.